The number of alkyl halides is 3. The average Bonchev–Trinajstić information content (AvgIpc) is 3.02. The molecule has 0 saturated carbocycles. The van der Waals surface area contributed by atoms with Crippen LogP contribution in [0.4, 0.5) is 13.2 Å². The first-order valence-corrected chi connectivity index (χ1v) is 9.63. The van der Waals surface area contributed by atoms with E-state index in [9.17, 15) is 18.0 Å². The number of hydrogen-bond acceptors (Lipinski definition) is 5. The van der Waals surface area contributed by atoms with Crippen LogP contribution in [0.3, 0.4) is 0 Å². The molecule has 0 radical (unpaired) electrons. The fourth-order valence-corrected chi connectivity index (χ4v) is 3.75. The highest BCUT2D eigenvalue weighted by Crippen LogP contribution is 2.28. The van der Waals surface area contributed by atoms with E-state index in [1.165, 1.54) is 12.4 Å². The Morgan fingerprint density at radius 1 is 1.22 bits per heavy atom. The zero-order chi connectivity index (χ0) is 19.4. The molecule has 10 heteroatoms. The van der Waals surface area contributed by atoms with Gasteiger partial charge in [0.15, 0.2) is 11.0 Å². The topological polar surface area (TPSA) is 63.9 Å². The number of pyridine rings is 1. The molecule has 27 heavy (non-hydrogen) atoms. The lowest BCUT2D eigenvalue weighted by Crippen LogP contribution is -2.39. The fraction of sp³-hybridized carbons (Fsp3) is 0.529. The second kappa shape index (κ2) is 8.28. The van der Waals surface area contributed by atoms with Gasteiger partial charge in [-0.2, -0.15) is 13.2 Å². The van der Waals surface area contributed by atoms with Crippen molar-refractivity contribution in [2.24, 2.45) is 5.92 Å². The van der Waals surface area contributed by atoms with Crippen molar-refractivity contribution in [1.82, 2.24) is 24.6 Å². The van der Waals surface area contributed by atoms with Gasteiger partial charge in [0.05, 0.1) is 5.75 Å². The van der Waals surface area contributed by atoms with Crippen LogP contribution in [0.2, 0.25) is 0 Å². The zero-order valence-electron chi connectivity index (χ0n) is 14.8. The highest BCUT2D eigenvalue weighted by molar-refractivity contribution is 7.99. The Balaban J connectivity index is 1.75. The number of piperidine rings is 1. The Bertz CT molecular complexity index is 773. The van der Waals surface area contributed by atoms with Gasteiger partial charge in [-0.1, -0.05) is 18.7 Å². The van der Waals surface area contributed by atoms with E-state index in [1.54, 1.807) is 17.0 Å². The first-order valence-electron chi connectivity index (χ1n) is 8.64. The monoisotopic (exact) mass is 399 g/mol. The van der Waals surface area contributed by atoms with Crippen LogP contribution in [0.1, 0.15) is 19.8 Å². The van der Waals surface area contributed by atoms with Crippen LogP contribution in [0.25, 0.3) is 11.4 Å². The van der Waals surface area contributed by atoms with E-state index in [0.29, 0.717) is 24.6 Å². The smallest absolute Gasteiger partial charge is 0.342 e. The zero-order valence-corrected chi connectivity index (χ0v) is 15.6. The van der Waals surface area contributed by atoms with Crippen LogP contribution in [-0.4, -0.2) is 55.6 Å². The molecule has 2 aromatic rings. The summed E-state index contributed by atoms with van der Waals surface area (Å²) in [5, 5.41) is 7.88. The van der Waals surface area contributed by atoms with Crippen molar-refractivity contribution in [3.8, 4) is 11.4 Å². The van der Waals surface area contributed by atoms with Gasteiger partial charge in [0.2, 0.25) is 5.91 Å². The van der Waals surface area contributed by atoms with Crippen LogP contribution >= 0.6 is 11.8 Å². The Morgan fingerprint density at radius 2 is 1.89 bits per heavy atom. The Kier molecular flexibility index (Phi) is 6.03. The summed E-state index contributed by atoms with van der Waals surface area (Å²) in [4.78, 5) is 18.0. The van der Waals surface area contributed by atoms with Crippen LogP contribution in [0.15, 0.2) is 29.7 Å². The lowest BCUT2D eigenvalue weighted by Gasteiger charge is -2.30. The van der Waals surface area contributed by atoms with Gasteiger partial charge in [-0.25, -0.2) is 0 Å². The Labute approximate surface area is 159 Å². The quantitative estimate of drug-likeness (QED) is 0.723. The van der Waals surface area contributed by atoms with Crippen molar-refractivity contribution in [3.05, 3.63) is 24.5 Å². The predicted octanol–water partition coefficient (Wildman–Crippen LogP) is 3.25. The lowest BCUT2D eigenvalue weighted by atomic mass is 9.99. The molecule has 0 aliphatic carbocycles. The number of aromatic nitrogens is 4. The van der Waals surface area contributed by atoms with Gasteiger partial charge < -0.3 is 4.90 Å². The van der Waals surface area contributed by atoms with E-state index < -0.39 is 12.7 Å². The van der Waals surface area contributed by atoms with E-state index in [0.717, 1.165) is 29.2 Å². The molecule has 1 fully saturated rings. The highest BCUT2D eigenvalue weighted by atomic mass is 32.2. The number of carbonyl (C=O) groups excluding carboxylic acids is 1. The second-order valence-electron chi connectivity index (χ2n) is 6.60. The average molecular weight is 399 g/mol. The summed E-state index contributed by atoms with van der Waals surface area (Å²) in [5.74, 6) is 0.663. The van der Waals surface area contributed by atoms with Crippen LogP contribution in [0.5, 0.6) is 0 Å². The first-order chi connectivity index (χ1) is 12.8. The van der Waals surface area contributed by atoms with E-state index in [-0.39, 0.29) is 22.6 Å². The molecule has 1 aliphatic heterocycles. The van der Waals surface area contributed by atoms with Crippen molar-refractivity contribution < 1.29 is 18.0 Å². The molecule has 146 valence electrons. The largest absolute Gasteiger partial charge is 0.406 e. The maximum atomic E-state index is 13.0. The minimum atomic E-state index is -4.42. The molecule has 3 heterocycles. The van der Waals surface area contributed by atoms with E-state index in [2.05, 4.69) is 22.1 Å². The molecular formula is C17H20F3N5OS. The van der Waals surface area contributed by atoms with E-state index in [1.807, 2.05) is 0 Å². The lowest BCUT2D eigenvalue weighted by molar-refractivity contribution is -0.141. The maximum absolute atomic E-state index is 13.0. The number of halogens is 3. The van der Waals surface area contributed by atoms with E-state index in [4.69, 9.17) is 0 Å². The number of nitrogens with zero attached hydrogens (tertiary/aromatic N) is 5. The number of carbonyl (C=O) groups is 1. The summed E-state index contributed by atoms with van der Waals surface area (Å²) in [6.07, 6.45) is 0.442. The van der Waals surface area contributed by atoms with Gasteiger partial charge in [0, 0.05) is 31.0 Å². The molecule has 0 atom stereocenters. The first kappa shape index (κ1) is 19.7. The molecule has 0 spiro atoms. The molecule has 0 unspecified atom stereocenters. The predicted molar refractivity (Wildman–Crippen MR) is 95.0 cm³/mol. The summed E-state index contributed by atoms with van der Waals surface area (Å²) in [6, 6.07) is 3.15. The molecule has 3 rings (SSSR count). The molecule has 0 aromatic carbocycles. The third-order valence-corrected chi connectivity index (χ3v) is 5.41. The third-order valence-electron chi connectivity index (χ3n) is 4.45. The van der Waals surface area contributed by atoms with Crippen molar-refractivity contribution in [3.63, 3.8) is 0 Å². The molecular weight excluding hydrogens is 379 g/mol. The Hall–Kier alpha value is -2.10. The van der Waals surface area contributed by atoms with Crippen LogP contribution in [-0.2, 0) is 11.3 Å². The van der Waals surface area contributed by atoms with Gasteiger partial charge in [-0.3, -0.25) is 14.3 Å². The number of thioether (sulfide) groups is 1. The SMILES string of the molecule is CC1CCN(C(=O)CSc2nnc(-c3ccncc3)n2CC(F)(F)F)CC1. The Morgan fingerprint density at radius 3 is 2.52 bits per heavy atom. The number of hydrogen-bond donors (Lipinski definition) is 0. The van der Waals surface area contributed by atoms with Crippen molar-refractivity contribution in [2.45, 2.75) is 37.6 Å². The van der Waals surface area contributed by atoms with Gasteiger partial charge in [0.1, 0.15) is 6.54 Å². The van der Waals surface area contributed by atoms with Gasteiger partial charge in [-0.15, -0.1) is 10.2 Å². The second-order valence-corrected chi connectivity index (χ2v) is 7.54. The standard InChI is InChI=1S/C17H20F3N5OS/c1-12-4-8-24(9-5-12)14(26)10-27-16-23-22-15(13-2-6-21-7-3-13)25(16)11-17(18,19)20/h2-3,6-7,12H,4-5,8-11H2,1H3. The highest BCUT2D eigenvalue weighted by Gasteiger charge is 2.32. The summed E-state index contributed by atoms with van der Waals surface area (Å²) in [5.41, 5.74) is 0.491. The normalized spacial score (nSPS) is 15.9. The summed E-state index contributed by atoms with van der Waals surface area (Å²) in [6.45, 7) is 2.32. The molecule has 1 amide bonds. The maximum Gasteiger partial charge on any atom is 0.406 e. The summed E-state index contributed by atoms with van der Waals surface area (Å²) in [7, 11) is 0. The minimum Gasteiger partial charge on any atom is -0.342 e. The van der Waals surface area contributed by atoms with Crippen molar-refractivity contribution in [1.29, 1.82) is 0 Å². The summed E-state index contributed by atoms with van der Waals surface area (Å²) >= 11 is 0.988. The summed E-state index contributed by atoms with van der Waals surface area (Å²) < 4.78 is 40.1. The third kappa shape index (κ3) is 5.21. The molecule has 1 saturated heterocycles. The molecule has 1 aliphatic rings. The van der Waals surface area contributed by atoms with Crippen LogP contribution < -0.4 is 0 Å². The minimum absolute atomic E-state index is 0.0424. The van der Waals surface area contributed by atoms with Gasteiger partial charge >= 0.3 is 6.18 Å². The molecule has 0 N–H and O–H groups in total. The molecule has 0 bridgehead atoms. The van der Waals surface area contributed by atoms with Crippen molar-refractivity contribution in [2.75, 3.05) is 18.8 Å². The van der Waals surface area contributed by atoms with E-state index >= 15 is 0 Å². The van der Waals surface area contributed by atoms with Crippen LogP contribution in [0, 0.1) is 5.92 Å². The number of amides is 1. The molecule has 6 nitrogen and oxygen atoms in total. The van der Waals surface area contributed by atoms with Gasteiger partial charge in [-0.05, 0) is 30.9 Å². The van der Waals surface area contributed by atoms with Gasteiger partial charge in [0.25, 0.3) is 0 Å². The number of likely N-dealkylation sites (tertiary alicyclic amines) is 1. The fourth-order valence-electron chi connectivity index (χ4n) is 2.91. The number of rotatable bonds is 5. The molecule has 2 aromatic heterocycles. The van der Waals surface area contributed by atoms with Crippen molar-refractivity contribution >= 4 is 17.7 Å².